The van der Waals surface area contributed by atoms with E-state index in [1.54, 1.807) is 0 Å². The van der Waals surface area contributed by atoms with Crippen LogP contribution >= 0.6 is 0 Å². The lowest BCUT2D eigenvalue weighted by Crippen LogP contribution is -1.95. The summed E-state index contributed by atoms with van der Waals surface area (Å²) in [5.74, 6) is 0.245. The minimum Gasteiger partial charge on any atom is -0.295 e. The fourth-order valence-corrected chi connectivity index (χ4v) is 0.810. The van der Waals surface area contributed by atoms with Crippen molar-refractivity contribution in [1.82, 2.24) is 0 Å². The lowest BCUT2D eigenvalue weighted by Gasteiger charge is -1.95. The molecular weight excluding hydrogens is 136 g/mol. The highest BCUT2D eigenvalue weighted by Gasteiger charge is 1.98. The van der Waals surface area contributed by atoms with Crippen molar-refractivity contribution in [2.45, 2.75) is 33.1 Å². The van der Waals surface area contributed by atoms with Crippen molar-refractivity contribution in [3.05, 3.63) is 24.3 Å². The summed E-state index contributed by atoms with van der Waals surface area (Å²) in [5.41, 5.74) is 0.884. The van der Waals surface area contributed by atoms with Crippen molar-refractivity contribution in [1.29, 1.82) is 0 Å². The van der Waals surface area contributed by atoms with Gasteiger partial charge in [0.1, 0.15) is 0 Å². The third-order valence-corrected chi connectivity index (χ3v) is 1.58. The molecule has 1 nitrogen and oxygen atoms in total. The van der Waals surface area contributed by atoms with Gasteiger partial charge in [-0.25, -0.2) is 0 Å². The maximum absolute atomic E-state index is 11.0. The molecular formula is C10H16O. The zero-order valence-corrected chi connectivity index (χ0v) is 7.39. The van der Waals surface area contributed by atoms with Gasteiger partial charge in [0, 0.05) is 6.42 Å². The van der Waals surface area contributed by atoms with Gasteiger partial charge in [-0.3, -0.25) is 4.79 Å². The predicted octanol–water partition coefficient (Wildman–Crippen LogP) is 2.88. The Labute approximate surface area is 68.8 Å². The Balaban J connectivity index is 3.79. The molecule has 0 saturated heterocycles. The third-order valence-electron chi connectivity index (χ3n) is 1.58. The number of Topliss-reactive ketones (excluding diaryl/α,β-unsaturated/α-hetero) is 1. The molecule has 0 aliphatic rings. The van der Waals surface area contributed by atoms with Crippen molar-refractivity contribution < 1.29 is 4.79 Å². The second kappa shape index (κ2) is 5.90. The van der Waals surface area contributed by atoms with Gasteiger partial charge in [0.05, 0.1) is 0 Å². The highest BCUT2D eigenvalue weighted by Crippen LogP contribution is 2.02. The average molecular weight is 152 g/mol. The van der Waals surface area contributed by atoms with Gasteiger partial charge in [0.15, 0.2) is 5.78 Å². The predicted molar refractivity (Wildman–Crippen MR) is 48.5 cm³/mol. The summed E-state index contributed by atoms with van der Waals surface area (Å²) in [7, 11) is 0. The molecule has 1 heteroatoms. The van der Waals surface area contributed by atoms with Crippen molar-refractivity contribution in [2.24, 2.45) is 0 Å². The molecule has 11 heavy (non-hydrogen) atoms. The molecule has 0 atom stereocenters. The lowest BCUT2D eigenvalue weighted by atomic mass is 10.1. The molecule has 0 fully saturated rings. The average Bonchev–Trinajstić information content (AvgIpc) is 2.03. The quantitative estimate of drug-likeness (QED) is 0.336. The molecule has 0 aromatic heterocycles. The maximum Gasteiger partial charge on any atom is 0.157 e. The molecule has 0 spiro atoms. The number of hydrogen-bond donors (Lipinski definition) is 0. The van der Waals surface area contributed by atoms with E-state index in [4.69, 9.17) is 0 Å². The smallest absolute Gasteiger partial charge is 0.157 e. The van der Waals surface area contributed by atoms with Crippen LogP contribution in [0.3, 0.4) is 0 Å². The van der Waals surface area contributed by atoms with Gasteiger partial charge in [-0.05, 0) is 25.3 Å². The van der Waals surface area contributed by atoms with E-state index in [-0.39, 0.29) is 5.78 Å². The zero-order valence-electron chi connectivity index (χ0n) is 7.39. The van der Waals surface area contributed by atoms with E-state index in [1.165, 1.54) is 0 Å². The van der Waals surface area contributed by atoms with Gasteiger partial charge in [-0.2, -0.15) is 0 Å². The van der Waals surface area contributed by atoms with E-state index in [9.17, 15) is 4.79 Å². The van der Waals surface area contributed by atoms with Crippen LogP contribution in [0, 0.1) is 0 Å². The normalized spacial score (nSPS) is 11.3. The summed E-state index contributed by atoms with van der Waals surface area (Å²) < 4.78 is 0. The van der Waals surface area contributed by atoms with Crippen LogP contribution in [0.2, 0.25) is 0 Å². The number of rotatable bonds is 5. The van der Waals surface area contributed by atoms with Gasteiger partial charge in [-0.15, -0.1) is 6.58 Å². The number of hydrogen-bond acceptors (Lipinski definition) is 1. The number of carbonyl (C=O) groups excluding carboxylic acids is 1. The van der Waals surface area contributed by atoms with E-state index in [1.807, 2.05) is 26.0 Å². The molecule has 0 aliphatic carbocycles. The highest BCUT2D eigenvalue weighted by atomic mass is 16.1. The SMILES string of the molecule is C=CCC/C=C(\C)C(=O)CC. The highest BCUT2D eigenvalue weighted by molar-refractivity contribution is 5.94. The summed E-state index contributed by atoms with van der Waals surface area (Å²) in [5, 5.41) is 0. The van der Waals surface area contributed by atoms with E-state index >= 15 is 0 Å². The van der Waals surface area contributed by atoms with Crippen LogP contribution in [0.15, 0.2) is 24.3 Å². The molecule has 0 saturated carbocycles. The van der Waals surface area contributed by atoms with Crippen LogP contribution in [-0.4, -0.2) is 5.78 Å². The number of ketones is 1. The van der Waals surface area contributed by atoms with Crippen LogP contribution < -0.4 is 0 Å². The van der Waals surface area contributed by atoms with Gasteiger partial charge >= 0.3 is 0 Å². The van der Waals surface area contributed by atoms with E-state index in [0.29, 0.717) is 6.42 Å². The standard InChI is InChI=1S/C10H16O/c1-4-6-7-8-9(3)10(11)5-2/h4,8H,1,5-7H2,2-3H3/b9-8+. The summed E-state index contributed by atoms with van der Waals surface area (Å²) >= 11 is 0. The Hall–Kier alpha value is -0.850. The lowest BCUT2D eigenvalue weighted by molar-refractivity contribution is -0.115. The van der Waals surface area contributed by atoms with Crippen LogP contribution in [0.4, 0.5) is 0 Å². The van der Waals surface area contributed by atoms with Crippen molar-refractivity contribution >= 4 is 5.78 Å². The zero-order chi connectivity index (χ0) is 8.69. The largest absolute Gasteiger partial charge is 0.295 e. The van der Waals surface area contributed by atoms with Crippen molar-refractivity contribution in [3.8, 4) is 0 Å². The first kappa shape index (κ1) is 10.2. The van der Waals surface area contributed by atoms with Crippen LogP contribution in [-0.2, 0) is 4.79 Å². The Morgan fingerprint density at radius 2 is 2.09 bits per heavy atom. The second-order valence-corrected chi connectivity index (χ2v) is 2.53. The van der Waals surface area contributed by atoms with E-state index in [2.05, 4.69) is 6.58 Å². The molecule has 0 rings (SSSR count). The Kier molecular flexibility index (Phi) is 5.44. The second-order valence-electron chi connectivity index (χ2n) is 2.53. The number of unbranched alkanes of at least 4 members (excludes halogenated alkanes) is 1. The van der Waals surface area contributed by atoms with Crippen LogP contribution in [0.25, 0.3) is 0 Å². The molecule has 0 bridgehead atoms. The Morgan fingerprint density at radius 3 is 2.55 bits per heavy atom. The molecule has 0 N–H and O–H groups in total. The first-order valence-electron chi connectivity index (χ1n) is 4.03. The summed E-state index contributed by atoms with van der Waals surface area (Å²) in [4.78, 5) is 11.0. The molecule has 62 valence electrons. The molecule has 0 amide bonds. The molecule has 0 aliphatic heterocycles. The molecule has 0 aromatic carbocycles. The summed E-state index contributed by atoms with van der Waals surface area (Å²) in [6.45, 7) is 7.36. The first-order chi connectivity index (χ1) is 5.22. The fraction of sp³-hybridized carbons (Fsp3) is 0.500. The van der Waals surface area contributed by atoms with Gasteiger partial charge in [-0.1, -0.05) is 19.1 Å². The fourth-order valence-electron chi connectivity index (χ4n) is 0.810. The van der Waals surface area contributed by atoms with Gasteiger partial charge < -0.3 is 0 Å². The monoisotopic (exact) mass is 152 g/mol. The minimum atomic E-state index is 0.245. The minimum absolute atomic E-state index is 0.245. The van der Waals surface area contributed by atoms with Crippen molar-refractivity contribution in [3.63, 3.8) is 0 Å². The Bertz CT molecular complexity index is 166. The summed E-state index contributed by atoms with van der Waals surface area (Å²) in [6, 6.07) is 0. The number of carbonyl (C=O) groups is 1. The number of allylic oxidation sites excluding steroid dienone is 3. The topological polar surface area (TPSA) is 17.1 Å². The van der Waals surface area contributed by atoms with Gasteiger partial charge in [0.2, 0.25) is 0 Å². The molecule has 0 radical (unpaired) electrons. The van der Waals surface area contributed by atoms with Crippen molar-refractivity contribution in [2.75, 3.05) is 0 Å². The van der Waals surface area contributed by atoms with Crippen LogP contribution in [0.1, 0.15) is 33.1 Å². The van der Waals surface area contributed by atoms with E-state index < -0.39 is 0 Å². The van der Waals surface area contributed by atoms with Crippen LogP contribution in [0.5, 0.6) is 0 Å². The third kappa shape index (κ3) is 4.54. The first-order valence-corrected chi connectivity index (χ1v) is 4.03. The van der Waals surface area contributed by atoms with Gasteiger partial charge in [0.25, 0.3) is 0 Å². The molecule has 0 heterocycles. The molecule has 0 aromatic rings. The molecule has 0 unspecified atom stereocenters. The summed E-state index contributed by atoms with van der Waals surface area (Å²) in [6.07, 6.45) is 6.33. The Morgan fingerprint density at radius 1 is 1.45 bits per heavy atom. The maximum atomic E-state index is 11.0. The van der Waals surface area contributed by atoms with E-state index in [0.717, 1.165) is 18.4 Å².